The van der Waals surface area contributed by atoms with Crippen LogP contribution in [0.1, 0.15) is 23.3 Å². The minimum absolute atomic E-state index is 0. The van der Waals surface area contributed by atoms with Gasteiger partial charge < -0.3 is 60.3 Å². The Balaban J connectivity index is 0.000000267. The quantitative estimate of drug-likeness (QED) is 0.0272. The molecular formula is C40H38K2N12O16S4. The number of hydrogen-bond acceptors (Lipinski definition) is 24. The van der Waals surface area contributed by atoms with Crippen molar-refractivity contribution in [1.29, 1.82) is 0 Å². The number of aliphatic hydroxyl groups excluding tert-OH is 2. The van der Waals surface area contributed by atoms with E-state index in [-0.39, 0.29) is 147 Å². The van der Waals surface area contributed by atoms with Gasteiger partial charge in [0.2, 0.25) is 10.3 Å². The van der Waals surface area contributed by atoms with Gasteiger partial charge in [0.1, 0.15) is 47.4 Å². The molecule has 4 aliphatic heterocycles. The van der Waals surface area contributed by atoms with Crippen LogP contribution < -0.4 is 133 Å². The Bertz CT molecular complexity index is 2670. The predicted molar refractivity (Wildman–Crippen MR) is 242 cm³/mol. The molecule has 6 atom stereocenters. The topological polar surface area (TPSA) is 400 Å². The van der Waals surface area contributed by atoms with Gasteiger partial charge in [0.15, 0.2) is 12.2 Å². The number of aliphatic hydroxyl groups is 2. The van der Waals surface area contributed by atoms with E-state index < -0.39 is 95.6 Å². The molecule has 4 amide bonds. The van der Waals surface area contributed by atoms with Gasteiger partial charge in [-0.05, 0) is 67.4 Å². The molecule has 74 heavy (non-hydrogen) atoms. The standard InChI is InChI=1S/2C20H20N6O8S2.2K/c2*1-34-11-4-2-9(3-5-11)15(29)16(30)21-13-17(31)26-14(19(32)33)10(7-35-18(13)26)8-36-20-22-23-24-25(20)6-12(27)28;;/h2*2-5,13,15,18,29H,6-8H2,1H3,(H,21,30)(H,27,28)(H,32,33);;/q;;2*+1/p-2/t2*13?,15-,18-;;/m11../s1. The summed E-state index contributed by atoms with van der Waals surface area (Å²) in [5, 5.41) is 87.8. The first-order chi connectivity index (χ1) is 34.4. The first kappa shape index (κ1) is 60.9. The van der Waals surface area contributed by atoms with Gasteiger partial charge in [0.25, 0.3) is 23.6 Å². The zero-order valence-corrected chi connectivity index (χ0v) is 48.6. The van der Waals surface area contributed by atoms with Crippen LogP contribution in [-0.4, -0.2) is 178 Å². The van der Waals surface area contributed by atoms with Crippen LogP contribution in [0.3, 0.4) is 0 Å². The molecule has 4 aromatic rings. The molecule has 0 saturated carbocycles. The molecule has 34 heteroatoms. The maximum Gasteiger partial charge on any atom is 1.00 e. The van der Waals surface area contributed by atoms with Crippen molar-refractivity contribution in [3.05, 3.63) is 82.2 Å². The van der Waals surface area contributed by atoms with Crippen molar-refractivity contribution in [3.63, 3.8) is 0 Å². The number of aromatic nitrogens is 8. The van der Waals surface area contributed by atoms with Crippen LogP contribution in [0.4, 0.5) is 0 Å². The molecule has 0 spiro atoms. The van der Waals surface area contributed by atoms with E-state index in [0.29, 0.717) is 33.8 Å². The second kappa shape index (κ2) is 27.4. The van der Waals surface area contributed by atoms with Crippen LogP contribution in [0.5, 0.6) is 11.5 Å². The molecule has 2 unspecified atom stereocenters. The van der Waals surface area contributed by atoms with E-state index in [2.05, 4.69) is 41.7 Å². The van der Waals surface area contributed by atoms with Crippen molar-refractivity contribution >= 4 is 94.6 Å². The molecule has 2 aromatic carbocycles. The monoisotopic (exact) mass is 1150 g/mol. The average molecular weight is 1150 g/mol. The Morgan fingerprint density at radius 3 is 1.32 bits per heavy atom. The summed E-state index contributed by atoms with van der Waals surface area (Å²) in [6.07, 6.45) is -3.07. The second-order valence-electron chi connectivity index (χ2n) is 15.2. The van der Waals surface area contributed by atoms with Gasteiger partial charge >= 0.3 is 115 Å². The zero-order valence-electron chi connectivity index (χ0n) is 39.1. The minimum Gasteiger partial charge on any atom is -0.543 e. The van der Waals surface area contributed by atoms with Gasteiger partial charge in [-0.3, -0.25) is 38.6 Å². The second-order valence-corrected chi connectivity index (χ2v) is 19.3. The van der Waals surface area contributed by atoms with Gasteiger partial charge in [-0.1, -0.05) is 47.8 Å². The SMILES string of the molecule is COc1ccc([C@@H](O)C(=O)NC2C(=O)N3C(C(=O)[O-])=C(CSc4nnnn4CC(=O)O)CS[C@H]23)cc1.COc1ccc([C@@H](O)C(=O)NC2C(=O)N3C(C(=O)[O-])=C(CSc4nnnn4CC(=O)O)CS[C@H]23)cc1.[K+].[K+]. The van der Waals surface area contributed by atoms with Crippen LogP contribution in [0, 0.1) is 0 Å². The molecule has 2 saturated heterocycles. The number of aliphatic carboxylic acids is 4. The van der Waals surface area contributed by atoms with E-state index in [4.69, 9.17) is 19.7 Å². The van der Waals surface area contributed by atoms with E-state index in [1.54, 1.807) is 24.3 Å². The number of carboxylic acid groups (broad SMARTS) is 4. The molecule has 2 aromatic heterocycles. The summed E-state index contributed by atoms with van der Waals surface area (Å²) >= 11 is 4.51. The number of carbonyl (C=O) groups is 8. The van der Waals surface area contributed by atoms with E-state index in [9.17, 15) is 58.8 Å². The molecule has 4 aliphatic rings. The van der Waals surface area contributed by atoms with Gasteiger partial charge in [-0.15, -0.1) is 33.7 Å². The van der Waals surface area contributed by atoms with Crippen molar-refractivity contribution in [2.45, 2.75) is 58.4 Å². The molecule has 0 radical (unpaired) electrons. The number of nitrogens with zero attached hydrogens (tertiary/aromatic N) is 10. The number of methoxy groups -OCH3 is 2. The molecule has 0 bridgehead atoms. The van der Waals surface area contributed by atoms with Crippen molar-refractivity contribution in [3.8, 4) is 11.5 Å². The summed E-state index contributed by atoms with van der Waals surface area (Å²) in [5.41, 5.74) is 0.704. The van der Waals surface area contributed by atoms with Crippen molar-refractivity contribution < 1.29 is 181 Å². The predicted octanol–water partition coefficient (Wildman–Crippen LogP) is -10.0. The van der Waals surface area contributed by atoms with E-state index in [1.165, 1.54) is 62.0 Å². The Kier molecular flexibility index (Phi) is 22.5. The molecule has 2 fully saturated rings. The summed E-state index contributed by atoms with van der Waals surface area (Å²) in [5.74, 6) is -6.68. The van der Waals surface area contributed by atoms with Gasteiger partial charge in [-0.25, -0.2) is 9.36 Å². The summed E-state index contributed by atoms with van der Waals surface area (Å²) in [7, 11) is 2.96. The summed E-state index contributed by atoms with van der Waals surface area (Å²) in [6, 6.07) is 10.3. The van der Waals surface area contributed by atoms with Gasteiger partial charge in [0.05, 0.1) is 37.6 Å². The van der Waals surface area contributed by atoms with Crippen LogP contribution in [0.15, 0.2) is 81.4 Å². The van der Waals surface area contributed by atoms with E-state index in [0.717, 1.165) is 42.7 Å². The number of rotatable bonds is 20. The molecule has 6 heterocycles. The number of carbonyl (C=O) groups excluding carboxylic acids is 6. The smallest absolute Gasteiger partial charge is 0.543 e. The molecule has 380 valence electrons. The van der Waals surface area contributed by atoms with Crippen LogP contribution in [0.2, 0.25) is 0 Å². The number of ether oxygens (including phenoxy) is 2. The Hall–Kier alpha value is -3.99. The van der Waals surface area contributed by atoms with Crippen LogP contribution in [0.25, 0.3) is 0 Å². The first-order valence-corrected chi connectivity index (χ1v) is 24.7. The minimum atomic E-state index is -1.56. The summed E-state index contributed by atoms with van der Waals surface area (Å²) < 4.78 is 12.2. The molecule has 8 rings (SSSR count). The number of benzene rings is 2. The van der Waals surface area contributed by atoms with E-state index >= 15 is 0 Å². The fourth-order valence-electron chi connectivity index (χ4n) is 7.26. The third-order valence-corrected chi connectivity index (χ3v) is 15.5. The maximum atomic E-state index is 12.8. The number of fused-ring (bicyclic) bond motifs is 2. The third kappa shape index (κ3) is 13.9. The Labute approximate surface area is 519 Å². The number of amides is 4. The Morgan fingerprint density at radius 1 is 0.662 bits per heavy atom. The summed E-state index contributed by atoms with van der Waals surface area (Å²) in [6.45, 7) is -0.931. The normalized spacial score (nSPS) is 19.3. The number of tetrazole rings is 2. The van der Waals surface area contributed by atoms with E-state index in [1.807, 2.05) is 0 Å². The number of nitrogens with one attached hydrogen (secondary N) is 2. The number of thioether (sulfide) groups is 4. The maximum absolute atomic E-state index is 12.8. The number of hydrogen-bond donors (Lipinski definition) is 6. The molecule has 28 nitrogen and oxygen atoms in total. The van der Waals surface area contributed by atoms with Gasteiger partial charge in [-0.2, -0.15) is 0 Å². The van der Waals surface area contributed by atoms with Crippen molar-refractivity contribution in [2.24, 2.45) is 0 Å². The third-order valence-electron chi connectivity index (χ3n) is 10.8. The van der Waals surface area contributed by atoms with Crippen molar-refractivity contribution in [1.82, 2.24) is 60.8 Å². The zero-order chi connectivity index (χ0) is 52.0. The first-order valence-electron chi connectivity index (χ1n) is 20.6. The largest absolute Gasteiger partial charge is 1.00 e. The van der Waals surface area contributed by atoms with Gasteiger partial charge in [0, 0.05) is 23.0 Å². The molecule has 0 aliphatic carbocycles. The summed E-state index contributed by atoms with van der Waals surface area (Å²) in [4.78, 5) is 98.5. The van der Waals surface area contributed by atoms with Crippen LogP contribution >= 0.6 is 47.0 Å². The number of carboxylic acids is 4. The fourth-order valence-corrected chi connectivity index (χ4v) is 12.0. The van der Waals surface area contributed by atoms with Crippen LogP contribution in [-0.2, 0) is 51.4 Å². The molecule has 6 N–H and O–H groups in total. The number of β-lactam (4-membered cyclic amide) rings is 2. The van der Waals surface area contributed by atoms with Crippen molar-refractivity contribution in [2.75, 3.05) is 37.2 Å². The average Bonchev–Trinajstić information content (AvgIpc) is 4.02. The Morgan fingerprint density at radius 2 is 1.01 bits per heavy atom. The fraction of sp³-hybridized carbons (Fsp3) is 0.350. The molecular weight excluding hydrogens is 1110 g/mol.